The maximum atomic E-state index is 12.2. The van der Waals surface area contributed by atoms with Crippen LogP contribution >= 0.6 is 0 Å². The van der Waals surface area contributed by atoms with Crippen molar-refractivity contribution >= 4 is 11.0 Å². The highest BCUT2D eigenvalue weighted by atomic mass is 16.3. The first-order valence-corrected chi connectivity index (χ1v) is 10.5. The molecule has 1 aliphatic carbocycles. The lowest BCUT2D eigenvalue weighted by atomic mass is 9.64. The monoisotopic (exact) mass is 392 g/mol. The van der Waals surface area contributed by atoms with Gasteiger partial charge in [0.2, 0.25) is 0 Å². The lowest BCUT2D eigenvalue weighted by molar-refractivity contribution is -0.151. The first-order chi connectivity index (χ1) is 14.0. The molecule has 29 heavy (non-hydrogen) atoms. The van der Waals surface area contributed by atoms with Crippen molar-refractivity contribution in [2.45, 2.75) is 31.4 Å². The standard InChI is InChI=1S/C23H28N4O2/c1-25-19-10-9-16(12-20(19)26(2)22(25)28)13-27-14-17-6-5-7-18(15-27)23(17,29)21-8-3-4-11-24-21/h3-4,8-12,17-18,29H,5-7,13-15H2,1-2H3/t17-,18+,23?. The molecule has 152 valence electrons. The maximum absolute atomic E-state index is 12.2. The van der Waals surface area contributed by atoms with Crippen molar-refractivity contribution in [3.05, 3.63) is 64.3 Å². The summed E-state index contributed by atoms with van der Waals surface area (Å²) < 4.78 is 3.40. The summed E-state index contributed by atoms with van der Waals surface area (Å²) in [6.45, 7) is 2.58. The van der Waals surface area contributed by atoms with Crippen molar-refractivity contribution in [2.75, 3.05) is 13.1 Å². The zero-order chi connectivity index (χ0) is 20.2. The van der Waals surface area contributed by atoms with E-state index < -0.39 is 5.60 Å². The smallest absolute Gasteiger partial charge is 0.328 e. The van der Waals surface area contributed by atoms with E-state index in [9.17, 15) is 9.90 Å². The van der Waals surface area contributed by atoms with Crippen molar-refractivity contribution in [3.8, 4) is 0 Å². The third kappa shape index (κ3) is 2.85. The third-order valence-electron chi connectivity index (χ3n) is 7.12. The minimum atomic E-state index is -0.816. The number of aliphatic hydroxyl groups is 1. The van der Waals surface area contributed by atoms with Crippen LogP contribution in [0.5, 0.6) is 0 Å². The second kappa shape index (κ2) is 6.82. The van der Waals surface area contributed by atoms with E-state index in [1.165, 1.54) is 12.0 Å². The number of piperidine rings is 1. The Morgan fingerprint density at radius 3 is 2.48 bits per heavy atom. The van der Waals surface area contributed by atoms with Gasteiger partial charge in [0.15, 0.2) is 0 Å². The lowest BCUT2D eigenvalue weighted by Crippen LogP contribution is -2.58. The Labute approximate surface area is 170 Å². The minimum absolute atomic E-state index is 0.00470. The molecule has 2 aliphatic rings. The van der Waals surface area contributed by atoms with Gasteiger partial charge in [-0.05, 0) is 42.7 Å². The fraction of sp³-hybridized carbons (Fsp3) is 0.478. The molecule has 1 unspecified atom stereocenters. The van der Waals surface area contributed by atoms with E-state index in [1.54, 1.807) is 15.3 Å². The summed E-state index contributed by atoms with van der Waals surface area (Å²) in [5, 5.41) is 11.7. The SMILES string of the molecule is Cn1c(=O)n(C)c2cc(CN3C[C@H]4CCC[C@@H](C3)C4(O)c3ccccn3)ccc21. The molecule has 6 nitrogen and oxygen atoms in total. The van der Waals surface area contributed by atoms with Crippen LogP contribution in [-0.2, 0) is 26.2 Å². The molecule has 3 aromatic rings. The summed E-state index contributed by atoms with van der Waals surface area (Å²) in [6.07, 6.45) is 5.03. The van der Waals surface area contributed by atoms with Gasteiger partial charge in [-0.3, -0.25) is 19.0 Å². The van der Waals surface area contributed by atoms with Gasteiger partial charge in [-0.25, -0.2) is 4.79 Å². The molecule has 2 aromatic heterocycles. The number of pyridine rings is 1. The van der Waals surface area contributed by atoms with E-state index in [4.69, 9.17) is 0 Å². The van der Waals surface area contributed by atoms with E-state index in [0.29, 0.717) is 0 Å². The topological polar surface area (TPSA) is 63.3 Å². The number of aromatic nitrogens is 3. The minimum Gasteiger partial charge on any atom is -0.383 e. The highest BCUT2D eigenvalue weighted by Crippen LogP contribution is 2.48. The summed E-state index contributed by atoms with van der Waals surface area (Å²) in [7, 11) is 3.64. The van der Waals surface area contributed by atoms with Gasteiger partial charge in [-0.2, -0.15) is 0 Å². The van der Waals surface area contributed by atoms with Gasteiger partial charge in [0.25, 0.3) is 0 Å². The number of likely N-dealkylation sites (tertiary alicyclic amines) is 1. The van der Waals surface area contributed by atoms with E-state index in [1.807, 2.05) is 38.4 Å². The van der Waals surface area contributed by atoms with Gasteiger partial charge in [0.05, 0.1) is 16.7 Å². The number of aryl methyl sites for hydroxylation is 2. The van der Waals surface area contributed by atoms with E-state index in [0.717, 1.165) is 49.2 Å². The number of benzene rings is 1. The summed E-state index contributed by atoms with van der Waals surface area (Å²) in [5.41, 5.74) is 3.15. The van der Waals surface area contributed by atoms with Crippen LogP contribution in [0.2, 0.25) is 0 Å². The first kappa shape index (κ1) is 18.6. The number of imidazole rings is 1. The molecule has 5 rings (SSSR count). The Morgan fingerprint density at radius 2 is 1.79 bits per heavy atom. The normalized spacial score (nSPS) is 27.4. The van der Waals surface area contributed by atoms with Crippen molar-refractivity contribution in [2.24, 2.45) is 25.9 Å². The van der Waals surface area contributed by atoms with Crippen LogP contribution in [0, 0.1) is 11.8 Å². The molecule has 1 aliphatic heterocycles. The molecular formula is C23H28N4O2. The Morgan fingerprint density at radius 1 is 1.07 bits per heavy atom. The van der Waals surface area contributed by atoms with Gasteiger partial charge >= 0.3 is 5.69 Å². The molecule has 1 saturated heterocycles. The van der Waals surface area contributed by atoms with Crippen LogP contribution in [-0.4, -0.2) is 37.2 Å². The lowest BCUT2D eigenvalue weighted by Gasteiger charge is -2.52. The molecule has 0 spiro atoms. The summed E-state index contributed by atoms with van der Waals surface area (Å²) in [4.78, 5) is 19.2. The Kier molecular flexibility index (Phi) is 4.37. The second-order valence-corrected chi connectivity index (χ2v) is 8.78. The average molecular weight is 393 g/mol. The van der Waals surface area contributed by atoms with Gasteiger partial charge in [-0.1, -0.05) is 18.6 Å². The quantitative estimate of drug-likeness (QED) is 0.743. The zero-order valence-electron chi connectivity index (χ0n) is 17.1. The summed E-state index contributed by atoms with van der Waals surface area (Å²) in [5.74, 6) is 0.407. The molecule has 1 aromatic carbocycles. The van der Waals surface area contributed by atoms with Gasteiger partial charge in [-0.15, -0.1) is 0 Å². The Bertz CT molecular complexity index is 1090. The largest absolute Gasteiger partial charge is 0.383 e. The Balaban J connectivity index is 1.41. The third-order valence-corrected chi connectivity index (χ3v) is 7.12. The predicted molar refractivity (Wildman–Crippen MR) is 112 cm³/mol. The number of hydrogen-bond donors (Lipinski definition) is 1. The number of nitrogens with zero attached hydrogens (tertiary/aromatic N) is 4. The van der Waals surface area contributed by atoms with Gasteiger partial charge in [0, 0.05) is 51.8 Å². The molecule has 2 bridgehead atoms. The van der Waals surface area contributed by atoms with E-state index in [-0.39, 0.29) is 17.5 Å². The van der Waals surface area contributed by atoms with Crippen LogP contribution in [0.1, 0.15) is 30.5 Å². The van der Waals surface area contributed by atoms with E-state index >= 15 is 0 Å². The Hall–Kier alpha value is -2.44. The molecule has 2 fully saturated rings. The number of rotatable bonds is 3. The van der Waals surface area contributed by atoms with Crippen molar-refractivity contribution in [1.29, 1.82) is 0 Å². The fourth-order valence-corrected chi connectivity index (χ4v) is 5.60. The molecule has 0 radical (unpaired) electrons. The highest BCUT2D eigenvalue weighted by Gasteiger charge is 2.52. The molecule has 0 amide bonds. The maximum Gasteiger partial charge on any atom is 0.328 e. The second-order valence-electron chi connectivity index (χ2n) is 8.78. The summed E-state index contributed by atoms with van der Waals surface area (Å²) in [6, 6.07) is 12.2. The number of fused-ring (bicyclic) bond motifs is 3. The zero-order valence-corrected chi connectivity index (χ0v) is 17.1. The van der Waals surface area contributed by atoms with Crippen molar-refractivity contribution in [3.63, 3.8) is 0 Å². The molecule has 1 N–H and O–H groups in total. The molecular weight excluding hydrogens is 364 g/mol. The molecule has 3 atom stereocenters. The van der Waals surface area contributed by atoms with Crippen LogP contribution in [0.3, 0.4) is 0 Å². The predicted octanol–water partition coefficient (Wildman–Crippen LogP) is 2.39. The first-order valence-electron chi connectivity index (χ1n) is 10.5. The van der Waals surface area contributed by atoms with Gasteiger partial charge < -0.3 is 5.11 Å². The van der Waals surface area contributed by atoms with Crippen molar-refractivity contribution < 1.29 is 5.11 Å². The average Bonchev–Trinajstić information content (AvgIpc) is 2.93. The van der Waals surface area contributed by atoms with E-state index in [2.05, 4.69) is 22.0 Å². The fourth-order valence-electron chi connectivity index (χ4n) is 5.60. The van der Waals surface area contributed by atoms with Crippen LogP contribution in [0.4, 0.5) is 0 Å². The molecule has 1 saturated carbocycles. The van der Waals surface area contributed by atoms with Gasteiger partial charge in [0.1, 0.15) is 5.60 Å². The molecule has 3 heterocycles. The molecule has 6 heteroatoms. The van der Waals surface area contributed by atoms with Crippen LogP contribution in [0.15, 0.2) is 47.4 Å². The summed E-state index contributed by atoms with van der Waals surface area (Å²) >= 11 is 0. The number of hydrogen-bond acceptors (Lipinski definition) is 4. The van der Waals surface area contributed by atoms with Crippen LogP contribution < -0.4 is 5.69 Å². The van der Waals surface area contributed by atoms with Crippen molar-refractivity contribution in [1.82, 2.24) is 19.0 Å². The van der Waals surface area contributed by atoms with Crippen LogP contribution in [0.25, 0.3) is 11.0 Å². The highest BCUT2D eigenvalue weighted by molar-refractivity contribution is 5.76.